The van der Waals surface area contributed by atoms with E-state index in [1.807, 2.05) is 17.0 Å². The normalized spacial score (nSPS) is 21.8. The van der Waals surface area contributed by atoms with Gasteiger partial charge in [-0.1, -0.05) is 0 Å². The van der Waals surface area contributed by atoms with E-state index in [0.29, 0.717) is 24.6 Å². The van der Waals surface area contributed by atoms with Crippen LogP contribution in [0.25, 0.3) is 0 Å². The van der Waals surface area contributed by atoms with Gasteiger partial charge in [0.2, 0.25) is 17.7 Å². The van der Waals surface area contributed by atoms with Crippen LogP contribution in [0, 0.1) is 0 Å². The summed E-state index contributed by atoms with van der Waals surface area (Å²) in [5, 5.41) is 8.56. The lowest BCUT2D eigenvalue weighted by atomic mass is 10.0. The molecule has 0 N–H and O–H groups in total. The van der Waals surface area contributed by atoms with Gasteiger partial charge in [-0.3, -0.25) is 4.79 Å². The monoisotopic (exact) mass is 359 g/mol. The number of aromatic nitrogens is 2. The third-order valence-electron chi connectivity index (χ3n) is 5.30. The van der Waals surface area contributed by atoms with Crippen molar-refractivity contribution in [2.75, 3.05) is 19.8 Å². The van der Waals surface area contributed by atoms with Crippen LogP contribution in [-0.2, 0) is 16.0 Å². The van der Waals surface area contributed by atoms with Gasteiger partial charge in [-0.05, 0) is 44.2 Å². The molecule has 0 spiro atoms. The van der Waals surface area contributed by atoms with E-state index < -0.39 is 0 Å². The first-order valence-electron chi connectivity index (χ1n) is 9.54. The fourth-order valence-corrected chi connectivity index (χ4v) is 3.81. The molecule has 4 rings (SSSR count). The smallest absolute Gasteiger partial charge is 0.238 e. The molecule has 2 fully saturated rings. The van der Waals surface area contributed by atoms with Crippen LogP contribution in [-0.4, -0.2) is 40.8 Å². The second-order valence-electron chi connectivity index (χ2n) is 7.04. The van der Waals surface area contributed by atoms with Gasteiger partial charge in [0.25, 0.3) is 0 Å². The van der Waals surface area contributed by atoms with Crippen LogP contribution in [0.3, 0.4) is 0 Å². The predicted molar refractivity (Wildman–Crippen MR) is 92.4 cm³/mol. The molecule has 1 amide bonds. The van der Waals surface area contributed by atoms with Crippen LogP contribution < -0.4 is 0 Å². The maximum Gasteiger partial charge on any atom is 0.238 e. The van der Waals surface area contributed by atoms with Crippen molar-refractivity contribution in [3.8, 4) is 0 Å². The SMILES string of the molecule is O=C(CCc1ccco1)N1CCCCC1c1nnc(C2CCOCC2)o1. The number of hydrogen-bond acceptors (Lipinski definition) is 6. The van der Waals surface area contributed by atoms with E-state index >= 15 is 0 Å². The standard InChI is InChI=1S/C19H25N3O4/c23-17(7-6-15-4-3-11-25-15)22-10-2-1-5-16(22)19-21-20-18(26-19)14-8-12-24-13-9-14/h3-4,11,14,16H,1-2,5-10,12-13H2. The molecule has 7 heteroatoms. The van der Waals surface area contributed by atoms with Crippen molar-refractivity contribution < 1.29 is 18.4 Å². The third kappa shape index (κ3) is 3.82. The first kappa shape index (κ1) is 17.3. The van der Waals surface area contributed by atoms with Crippen LogP contribution in [0.4, 0.5) is 0 Å². The first-order chi connectivity index (χ1) is 12.8. The molecule has 2 aromatic rings. The zero-order valence-electron chi connectivity index (χ0n) is 14.9. The number of carbonyl (C=O) groups is 1. The van der Waals surface area contributed by atoms with Crippen LogP contribution in [0.1, 0.15) is 68.0 Å². The van der Waals surface area contributed by atoms with Gasteiger partial charge in [0.15, 0.2) is 0 Å². The van der Waals surface area contributed by atoms with Gasteiger partial charge in [-0.25, -0.2) is 0 Å². The number of carbonyl (C=O) groups excluding carboxylic acids is 1. The molecule has 7 nitrogen and oxygen atoms in total. The Morgan fingerprint density at radius 2 is 2.00 bits per heavy atom. The number of hydrogen-bond donors (Lipinski definition) is 0. The van der Waals surface area contributed by atoms with Gasteiger partial charge in [0.05, 0.1) is 6.26 Å². The summed E-state index contributed by atoms with van der Waals surface area (Å²) in [6.45, 7) is 2.23. The van der Waals surface area contributed by atoms with Crippen molar-refractivity contribution in [2.45, 2.75) is 56.9 Å². The highest BCUT2D eigenvalue weighted by Crippen LogP contribution is 2.33. The number of likely N-dealkylation sites (tertiary alicyclic amines) is 1. The highest BCUT2D eigenvalue weighted by atomic mass is 16.5. The topological polar surface area (TPSA) is 81.6 Å². The second-order valence-corrected chi connectivity index (χ2v) is 7.04. The van der Waals surface area contributed by atoms with Gasteiger partial charge in [0, 0.05) is 38.5 Å². The Hall–Kier alpha value is -2.15. The summed E-state index contributed by atoms with van der Waals surface area (Å²) < 4.78 is 16.7. The molecule has 4 heterocycles. The number of amides is 1. The van der Waals surface area contributed by atoms with E-state index in [9.17, 15) is 4.79 Å². The molecule has 1 atom stereocenters. The van der Waals surface area contributed by atoms with Gasteiger partial charge < -0.3 is 18.5 Å². The van der Waals surface area contributed by atoms with Crippen LogP contribution in [0.15, 0.2) is 27.2 Å². The zero-order valence-corrected chi connectivity index (χ0v) is 14.9. The molecule has 0 bridgehead atoms. The van der Waals surface area contributed by atoms with Gasteiger partial charge >= 0.3 is 0 Å². The Balaban J connectivity index is 1.43. The van der Waals surface area contributed by atoms with E-state index in [4.69, 9.17) is 13.6 Å². The van der Waals surface area contributed by atoms with Crippen molar-refractivity contribution >= 4 is 5.91 Å². The van der Waals surface area contributed by atoms with E-state index in [1.165, 1.54) is 0 Å². The summed E-state index contributed by atoms with van der Waals surface area (Å²) in [5.74, 6) is 2.51. The van der Waals surface area contributed by atoms with E-state index in [0.717, 1.165) is 57.6 Å². The largest absolute Gasteiger partial charge is 0.469 e. The molecule has 0 saturated carbocycles. The average Bonchev–Trinajstić information content (AvgIpc) is 3.39. The summed E-state index contributed by atoms with van der Waals surface area (Å²) in [7, 11) is 0. The summed E-state index contributed by atoms with van der Waals surface area (Å²) in [6, 6.07) is 3.65. The molecule has 0 aromatic carbocycles. The minimum Gasteiger partial charge on any atom is -0.469 e. The predicted octanol–water partition coefficient (Wildman–Crippen LogP) is 3.24. The van der Waals surface area contributed by atoms with Crippen molar-refractivity contribution in [3.05, 3.63) is 35.9 Å². The molecule has 2 aliphatic heterocycles. The highest BCUT2D eigenvalue weighted by molar-refractivity contribution is 5.76. The Labute approximate surface area is 152 Å². The third-order valence-corrected chi connectivity index (χ3v) is 5.30. The Kier molecular flexibility index (Phi) is 5.34. The fourth-order valence-electron chi connectivity index (χ4n) is 3.81. The zero-order chi connectivity index (χ0) is 17.8. The van der Waals surface area contributed by atoms with E-state index in [1.54, 1.807) is 6.26 Å². The van der Waals surface area contributed by atoms with Crippen molar-refractivity contribution in [2.24, 2.45) is 0 Å². The number of rotatable bonds is 5. The summed E-state index contributed by atoms with van der Waals surface area (Å²) in [5.41, 5.74) is 0. The molecule has 2 aromatic heterocycles. The maximum absolute atomic E-state index is 12.8. The Morgan fingerprint density at radius 1 is 1.15 bits per heavy atom. The molecular formula is C19H25N3O4. The minimum atomic E-state index is -0.103. The highest BCUT2D eigenvalue weighted by Gasteiger charge is 2.32. The summed E-state index contributed by atoms with van der Waals surface area (Å²) in [6.07, 6.45) is 7.49. The molecule has 0 radical (unpaired) electrons. The molecule has 2 aliphatic rings. The minimum absolute atomic E-state index is 0.103. The van der Waals surface area contributed by atoms with Gasteiger partial charge in [-0.15, -0.1) is 10.2 Å². The lowest BCUT2D eigenvalue weighted by molar-refractivity contribution is -0.135. The van der Waals surface area contributed by atoms with Crippen molar-refractivity contribution in [1.29, 1.82) is 0 Å². The summed E-state index contributed by atoms with van der Waals surface area (Å²) >= 11 is 0. The van der Waals surface area contributed by atoms with Crippen LogP contribution in [0.2, 0.25) is 0 Å². The van der Waals surface area contributed by atoms with Crippen molar-refractivity contribution in [3.63, 3.8) is 0 Å². The molecule has 140 valence electrons. The number of aryl methyl sites for hydroxylation is 1. The molecule has 2 saturated heterocycles. The number of nitrogens with zero attached hydrogens (tertiary/aromatic N) is 3. The lowest BCUT2D eigenvalue weighted by Gasteiger charge is -2.33. The van der Waals surface area contributed by atoms with Crippen LogP contribution in [0.5, 0.6) is 0 Å². The first-order valence-corrected chi connectivity index (χ1v) is 9.54. The molecular weight excluding hydrogens is 334 g/mol. The molecule has 1 unspecified atom stereocenters. The van der Waals surface area contributed by atoms with Gasteiger partial charge in [-0.2, -0.15) is 0 Å². The fraction of sp³-hybridized carbons (Fsp3) is 0.632. The summed E-state index contributed by atoms with van der Waals surface area (Å²) in [4.78, 5) is 14.7. The quantitative estimate of drug-likeness (QED) is 0.815. The average molecular weight is 359 g/mol. The van der Waals surface area contributed by atoms with Crippen LogP contribution >= 0.6 is 0 Å². The van der Waals surface area contributed by atoms with E-state index in [-0.39, 0.29) is 17.9 Å². The Morgan fingerprint density at radius 3 is 2.81 bits per heavy atom. The number of furan rings is 1. The Bertz CT molecular complexity index is 706. The number of piperidine rings is 1. The van der Waals surface area contributed by atoms with E-state index in [2.05, 4.69) is 10.2 Å². The molecule has 26 heavy (non-hydrogen) atoms. The second kappa shape index (κ2) is 8.03. The van der Waals surface area contributed by atoms with Gasteiger partial charge in [0.1, 0.15) is 11.8 Å². The lowest BCUT2D eigenvalue weighted by Crippen LogP contribution is -2.38. The van der Waals surface area contributed by atoms with Crippen molar-refractivity contribution in [1.82, 2.24) is 15.1 Å². The molecule has 0 aliphatic carbocycles. The number of ether oxygens (including phenoxy) is 1. The maximum atomic E-state index is 12.8.